The Kier molecular flexibility index (Phi) is 5.76. The number of benzene rings is 4. The number of carbonyl (C=O) groups is 1. The lowest BCUT2D eigenvalue weighted by Gasteiger charge is -2.09. The normalized spacial score (nSPS) is 10.9. The number of nitro benzene ring substituents is 1. The molecule has 8 heteroatoms. The van der Waals surface area contributed by atoms with Crippen LogP contribution < -0.4 is 10.2 Å². The molecule has 0 bridgehead atoms. The number of nitrogens with zero attached hydrogens (tertiary/aromatic N) is 2. The number of rotatable bonds is 6. The number of para-hydroxylation sites is 3. The molecule has 0 fully saturated rings. The number of hydrogen-bond acceptors (Lipinski definition) is 6. The summed E-state index contributed by atoms with van der Waals surface area (Å²) in [4.78, 5) is 23.2. The number of ether oxygens (including phenoxy) is 1. The van der Waals surface area contributed by atoms with Crippen LogP contribution in [-0.2, 0) is 0 Å². The average Bonchev–Trinajstić information content (AvgIpc) is 2.80. The van der Waals surface area contributed by atoms with Crippen molar-refractivity contribution in [3.05, 3.63) is 106 Å². The van der Waals surface area contributed by atoms with Crippen molar-refractivity contribution in [2.45, 2.75) is 0 Å². The number of nitrogens with one attached hydrogen (secondary N) is 1. The Morgan fingerprint density at radius 2 is 1.56 bits per heavy atom. The van der Waals surface area contributed by atoms with Gasteiger partial charge in [-0.25, -0.2) is 5.43 Å². The largest absolute Gasteiger partial charge is 0.507 e. The molecule has 0 radical (unpaired) electrons. The van der Waals surface area contributed by atoms with Crippen molar-refractivity contribution in [3.63, 3.8) is 0 Å². The van der Waals surface area contributed by atoms with Crippen molar-refractivity contribution in [1.82, 2.24) is 5.43 Å². The summed E-state index contributed by atoms with van der Waals surface area (Å²) in [6.07, 6.45) is 1.36. The van der Waals surface area contributed by atoms with E-state index in [4.69, 9.17) is 4.74 Å². The van der Waals surface area contributed by atoms with E-state index in [-0.39, 0.29) is 22.7 Å². The zero-order valence-corrected chi connectivity index (χ0v) is 16.6. The van der Waals surface area contributed by atoms with Gasteiger partial charge < -0.3 is 9.84 Å². The SMILES string of the molecule is O=C(N/N=C\c1ccccc1Oc1ccccc1[N+](=O)[O-])c1cc2ccccc2cc1O. The number of aromatic hydroxyl groups is 1. The van der Waals surface area contributed by atoms with Crippen molar-refractivity contribution < 1.29 is 19.6 Å². The molecule has 4 aromatic carbocycles. The number of carbonyl (C=O) groups excluding carboxylic acids is 1. The first-order chi connectivity index (χ1) is 15.5. The Balaban J connectivity index is 1.53. The predicted molar refractivity (Wildman–Crippen MR) is 120 cm³/mol. The van der Waals surface area contributed by atoms with E-state index in [1.807, 2.05) is 24.3 Å². The minimum absolute atomic E-state index is 0.0865. The Hall–Kier alpha value is -4.72. The molecule has 0 heterocycles. The van der Waals surface area contributed by atoms with Crippen LogP contribution in [0.2, 0.25) is 0 Å². The van der Waals surface area contributed by atoms with Crippen LogP contribution in [0.4, 0.5) is 5.69 Å². The van der Waals surface area contributed by atoms with Crippen molar-refractivity contribution in [2.24, 2.45) is 5.10 Å². The third-order valence-electron chi connectivity index (χ3n) is 4.68. The summed E-state index contributed by atoms with van der Waals surface area (Å²) < 4.78 is 5.73. The molecule has 32 heavy (non-hydrogen) atoms. The summed E-state index contributed by atoms with van der Waals surface area (Å²) in [5, 5.41) is 27.0. The first-order valence-electron chi connectivity index (χ1n) is 9.58. The summed E-state index contributed by atoms with van der Waals surface area (Å²) in [6, 6.07) is 23.3. The lowest BCUT2D eigenvalue weighted by atomic mass is 10.1. The van der Waals surface area contributed by atoms with Crippen LogP contribution in [0, 0.1) is 10.1 Å². The van der Waals surface area contributed by atoms with Crippen molar-refractivity contribution in [3.8, 4) is 17.2 Å². The molecule has 158 valence electrons. The Morgan fingerprint density at radius 1 is 0.938 bits per heavy atom. The van der Waals surface area contributed by atoms with Crippen LogP contribution in [-0.4, -0.2) is 22.2 Å². The number of fused-ring (bicyclic) bond motifs is 1. The van der Waals surface area contributed by atoms with Gasteiger partial charge in [-0.15, -0.1) is 0 Å². The second-order valence-electron chi connectivity index (χ2n) is 6.78. The third kappa shape index (κ3) is 4.39. The van der Waals surface area contributed by atoms with Crippen molar-refractivity contribution >= 4 is 28.6 Å². The summed E-state index contributed by atoms with van der Waals surface area (Å²) in [5.74, 6) is -0.324. The summed E-state index contributed by atoms with van der Waals surface area (Å²) >= 11 is 0. The van der Waals surface area contributed by atoms with E-state index in [0.29, 0.717) is 11.3 Å². The lowest BCUT2D eigenvalue weighted by molar-refractivity contribution is -0.385. The maximum absolute atomic E-state index is 12.5. The smallest absolute Gasteiger partial charge is 0.311 e. The van der Waals surface area contributed by atoms with Crippen LogP contribution in [0.3, 0.4) is 0 Å². The highest BCUT2D eigenvalue weighted by Gasteiger charge is 2.16. The van der Waals surface area contributed by atoms with E-state index < -0.39 is 10.8 Å². The van der Waals surface area contributed by atoms with E-state index in [2.05, 4.69) is 10.5 Å². The van der Waals surface area contributed by atoms with E-state index in [0.717, 1.165) is 10.8 Å². The number of hydrazone groups is 1. The molecule has 0 aliphatic rings. The highest BCUT2D eigenvalue weighted by molar-refractivity contribution is 6.01. The first-order valence-corrected chi connectivity index (χ1v) is 9.58. The Labute approximate surface area is 182 Å². The van der Waals surface area contributed by atoms with E-state index in [9.17, 15) is 20.0 Å². The van der Waals surface area contributed by atoms with Gasteiger partial charge in [0.1, 0.15) is 11.5 Å². The molecule has 0 aliphatic carbocycles. The lowest BCUT2D eigenvalue weighted by Crippen LogP contribution is -2.17. The third-order valence-corrected chi connectivity index (χ3v) is 4.68. The second kappa shape index (κ2) is 8.97. The maximum atomic E-state index is 12.5. The van der Waals surface area contributed by atoms with E-state index >= 15 is 0 Å². The molecule has 0 saturated carbocycles. The molecule has 0 aromatic heterocycles. The highest BCUT2D eigenvalue weighted by Crippen LogP contribution is 2.32. The van der Waals surface area contributed by atoms with Crippen LogP contribution in [0.25, 0.3) is 10.8 Å². The number of amides is 1. The standard InChI is InChI=1S/C24H17N3O5/c28-21-14-17-8-2-1-7-16(17)13-19(21)24(29)26-25-15-18-9-3-5-11-22(18)32-23-12-6-4-10-20(23)27(30)31/h1-15,28H,(H,26,29)/b25-15-. The fourth-order valence-electron chi connectivity index (χ4n) is 3.12. The molecule has 2 N–H and O–H groups in total. The molecular formula is C24H17N3O5. The van der Waals surface area contributed by atoms with Gasteiger partial charge in [-0.3, -0.25) is 14.9 Å². The number of hydrogen-bond donors (Lipinski definition) is 2. The summed E-state index contributed by atoms with van der Waals surface area (Å²) in [6.45, 7) is 0. The maximum Gasteiger partial charge on any atom is 0.311 e. The van der Waals surface area contributed by atoms with Crippen LogP contribution in [0.15, 0.2) is 90.0 Å². The zero-order chi connectivity index (χ0) is 22.5. The molecule has 0 saturated heterocycles. The molecule has 0 spiro atoms. The number of nitro groups is 1. The monoisotopic (exact) mass is 427 g/mol. The molecule has 0 unspecified atom stereocenters. The quantitative estimate of drug-likeness (QED) is 0.255. The van der Waals surface area contributed by atoms with Gasteiger partial charge in [0, 0.05) is 11.6 Å². The molecule has 1 amide bonds. The molecule has 0 aliphatic heterocycles. The van der Waals surface area contributed by atoms with Gasteiger partial charge >= 0.3 is 5.69 Å². The van der Waals surface area contributed by atoms with Crippen molar-refractivity contribution in [2.75, 3.05) is 0 Å². The molecule has 8 nitrogen and oxygen atoms in total. The molecule has 0 atom stereocenters. The number of phenolic OH excluding ortho intramolecular Hbond substituents is 1. The minimum atomic E-state index is -0.582. The average molecular weight is 427 g/mol. The topological polar surface area (TPSA) is 114 Å². The van der Waals surface area contributed by atoms with Gasteiger partial charge in [-0.2, -0.15) is 5.10 Å². The Morgan fingerprint density at radius 3 is 2.31 bits per heavy atom. The molecule has 4 rings (SSSR count). The van der Waals surface area contributed by atoms with Gasteiger partial charge in [0.25, 0.3) is 5.91 Å². The van der Waals surface area contributed by atoms with Gasteiger partial charge in [-0.1, -0.05) is 48.5 Å². The van der Waals surface area contributed by atoms with E-state index in [1.165, 1.54) is 24.4 Å². The summed E-state index contributed by atoms with van der Waals surface area (Å²) in [5.41, 5.74) is 2.80. The van der Waals surface area contributed by atoms with Crippen LogP contribution in [0.5, 0.6) is 17.2 Å². The van der Waals surface area contributed by atoms with Gasteiger partial charge in [0.05, 0.1) is 16.7 Å². The van der Waals surface area contributed by atoms with Gasteiger partial charge in [-0.05, 0) is 41.1 Å². The molecule has 4 aromatic rings. The minimum Gasteiger partial charge on any atom is -0.507 e. The first kappa shape index (κ1) is 20.5. The van der Waals surface area contributed by atoms with Crippen molar-refractivity contribution in [1.29, 1.82) is 0 Å². The highest BCUT2D eigenvalue weighted by atomic mass is 16.6. The van der Waals surface area contributed by atoms with Crippen LogP contribution >= 0.6 is 0 Å². The Bertz CT molecular complexity index is 1350. The van der Waals surface area contributed by atoms with E-state index in [1.54, 1.807) is 42.5 Å². The predicted octanol–water partition coefficient (Wildman–Crippen LogP) is 5.01. The second-order valence-corrected chi connectivity index (χ2v) is 6.78. The van der Waals surface area contributed by atoms with Gasteiger partial charge in [0.2, 0.25) is 5.75 Å². The fraction of sp³-hybridized carbons (Fsp3) is 0. The van der Waals surface area contributed by atoms with Crippen LogP contribution in [0.1, 0.15) is 15.9 Å². The van der Waals surface area contributed by atoms with Gasteiger partial charge in [0.15, 0.2) is 0 Å². The fourth-order valence-corrected chi connectivity index (χ4v) is 3.12. The molecular weight excluding hydrogens is 410 g/mol. The zero-order valence-electron chi connectivity index (χ0n) is 16.6. The number of phenols is 1. The summed E-state index contributed by atoms with van der Waals surface area (Å²) in [7, 11) is 0.